The summed E-state index contributed by atoms with van der Waals surface area (Å²) in [4.78, 5) is 24.0. The van der Waals surface area contributed by atoms with Crippen molar-refractivity contribution in [2.45, 2.75) is 26.2 Å². The lowest BCUT2D eigenvalue weighted by molar-refractivity contribution is -0.137. The van der Waals surface area contributed by atoms with Crippen molar-refractivity contribution in [2.24, 2.45) is 0 Å². The lowest BCUT2D eigenvalue weighted by Crippen LogP contribution is -2.49. The fourth-order valence-electron chi connectivity index (χ4n) is 4.22. The first-order valence-corrected chi connectivity index (χ1v) is 10.8. The number of ether oxygens (including phenoxy) is 1. The van der Waals surface area contributed by atoms with Crippen molar-refractivity contribution < 1.29 is 22.7 Å². The van der Waals surface area contributed by atoms with Crippen LogP contribution in [0.4, 0.5) is 18.9 Å². The second kappa shape index (κ2) is 9.41. The van der Waals surface area contributed by atoms with Gasteiger partial charge in [0.05, 0.1) is 18.4 Å². The quantitative estimate of drug-likeness (QED) is 0.506. The Morgan fingerprint density at radius 2 is 1.74 bits per heavy atom. The van der Waals surface area contributed by atoms with Gasteiger partial charge in [0.15, 0.2) is 12.5 Å². The Balaban J connectivity index is 1.60. The molecule has 1 aliphatic heterocycles. The summed E-state index contributed by atoms with van der Waals surface area (Å²) in [6.07, 6.45) is -1.24. The number of carbonyl (C=O) groups excluding carboxylic acids is 1. The zero-order valence-electron chi connectivity index (χ0n) is 19.1. The maximum atomic E-state index is 13.4. The molecule has 3 aromatic rings. The molecule has 0 bridgehead atoms. The van der Waals surface area contributed by atoms with Gasteiger partial charge in [0, 0.05) is 61.1 Å². The minimum Gasteiger partial charge on any atom is -0.467 e. The fourth-order valence-corrected chi connectivity index (χ4v) is 4.22. The molecule has 0 saturated carbocycles. The average Bonchev–Trinajstić information content (AvgIpc) is 3.16. The zero-order valence-corrected chi connectivity index (χ0v) is 19.1. The highest BCUT2D eigenvalue weighted by molar-refractivity contribution is 5.79. The third kappa shape index (κ3) is 4.74. The van der Waals surface area contributed by atoms with Gasteiger partial charge in [0.25, 0.3) is 0 Å². The molecule has 1 saturated heterocycles. The maximum absolute atomic E-state index is 13.4. The summed E-state index contributed by atoms with van der Waals surface area (Å²) in [5.41, 5.74) is 2.47. The molecule has 1 atom stereocenters. The fraction of sp³-hybridized carbons (Fsp3) is 0.391. The van der Waals surface area contributed by atoms with E-state index in [9.17, 15) is 18.0 Å². The van der Waals surface area contributed by atoms with E-state index < -0.39 is 17.9 Å². The van der Waals surface area contributed by atoms with Crippen LogP contribution < -0.4 is 9.64 Å². The first-order chi connectivity index (χ1) is 16.2. The number of hydrogen-bond donors (Lipinski definition) is 0. The van der Waals surface area contributed by atoms with Gasteiger partial charge >= 0.3 is 12.2 Å². The molecule has 0 N–H and O–H groups in total. The van der Waals surface area contributed by atoms with Gasteiger partial charge in [-0.1, -0.05) is 0 Å². The number of piperazine rings is 1. The number of methoxy groups -OCH3 is 1. The zero-order chi connectivity index (χ0) is 24.5. The Morgan fingerprint density at radius 3 is 2.26 bits per heavy atom. The second-order valence-electron chi connectivity index (χ2n) is 8.13. The van der Waals surface area contributed by atoms with E-state index in [1.165, 1.54) is 25.6 Å². The highest BCUT2D eigenvalue weighted by Gasteiger charge is 2.33. The maximum Gasteiger partial charge on any atom is 0.416 e. The normalized spacial score (nSPS) is 15.9. The lowest BCUT2D eigenvalue weighted by Gasteiger charge is -2.39. The van der Waals surface area contributed by atoms with Crippen molar-refractivity contribution >= 4 is 12.0 Å². The number of nitrogens with zero attached hydrogens (tertiary/aromatic N) is 6. The van der Waals surface area contributed by atoms with Crippen molar-refractivity contribution in [3.63, 3.8) is 0 Å². The number of aryl methyl sites for hydroxylation is 2. The molecule has 0 radical (unpaired) electrons. The van der Waals surface area contributed by atoms with Gasteiger partial charge < -0.3 is 9.64 Å². The molecule has 3 heterocycles. The largest absolute Gasteiger partial charge is 0.467 e. The molecule has 11 heteroatoms. The van der Waals surface area contributed by atoms with Crippen LogP contribution in [0.1, 0.15) is 23.1 Å². The van der Waals surface area contributed by atoms with Gasteiger partial charge in [0.2, 0.25) is 0 Å². The van der Waals surface area contributed by atoms with Gasteiger partial charge in [-0.2, -0.15) is 18.3 Å². The van der Waals surface area contributed by atoms with Gasteiger partial charge in [-0.25, -0.2) is 14.6 Å². The highest BCUT2D eigenvalue weighted by Crippen LogP contribution is 2.38. The van der Waals surface area contributed by atoms with Crippen molar-refractivity contribution in [2.75, 3.05) is 38.2 Å². The average molecular weight is 474 g/mol. The van der Waals surface area contributed by atoms with Crippen LogP contribution in [0.3, 0.4) is 0 Å². The molecule has 8 nitrogen and oxygen atoms in total. The SMILES string of the molecule is COc1ncc(-c2cc(C(F)(F)F)ccc2N2CCN(C(C=O)n3nc(C)cc3C)CC2)cn1. The van der Waals surface area contributed by atoms with Gasteiger partial charge in [-0.05, 0) is 38.1 Å². The Hall–Kier alpha value is -3.47. The van der Waals surface area contributed by atoms with Crippen molar-refractivity contribution in [3.8, 4) is 17.1 Å². The minimum atomic E-state index is -4.48. The Bertz CT molecular complexity index is 1150. The van der Waals surface area contributed by atoms with E-state index in [-0.39, 0.29) is 6.01 Å². The second-order valence-corrected chi connectivity index (χ2v) is 8.13. The number of aromatic nitrogens is 4. The summed E-state index contributed by atoms with van der Waals surface area (Å²) in [6, 6.07) is 5.74. The van der Waals surface area contributed by atoms with E-state index in [0.29, 0.717) is 43.0 Å². The molecular weight excluding hydrogens is 449 g/mol. The van der Waals surface area contributed by atoms with E-state index in [1.54, 1.807) is 4.68 Å². The summed E-state index contributed by atoms with van der Waals surface area (Å²) < 4.78 is 47.0. The number of anilines is 1. The highest BCUT2D eigenvalue weighted by atomic mass is 19.4. The van der Waals surface area contributed by atoms with E-state index in [1.807, 2.05) is 29.7 Å². The summed E-state index contributed by atoms with van der Waals surface area (Å²) in [7, 11) is 1.42. The summed E-state index contributed by atoms with van der Waals surface area (Å²) in [5.74, 6) is 0. The van der Waals surface area contributed by atoms with Gasteiger partial charge in [-0.15, -0.1) is 0 Å². The predicted octanol–water partition coefficient (Wildman–Crippen LogP) is 3.50. The number of carbonyl (C=O) groups is 1. The molecule has 1 fully saturated rings. The van der Waals surface area contributed by atoms with Crippen LogP contribution in [-0.2, 0) is 11.0 Å². The van der Waals surface area contributed by atoms with Crippen LogP contribution in [0.2, 0.25) is 0 Å². The van der Waals surface area contributed by atoms with E-state index in [0.717, 1.165) is 29.8 Å². The number of alkyl halides is 3. The topological polar surface area (TPSA) is 76.4 Å². The van der Waals surface area contributed by atoms with Crippen molar-refractivity contribution in [1.29, 1.82) is 0 Å². The monoisotopic (exact) mass is 474 g/mol. The lowest BCUT2D eigenvalue weighted by atomic mass is 10.0. The van der Waals surface area contributed by atoms with Crippen molar-refractivity contribution in [3.05, 3.63) is 53.6 Å². The Labute approximate surface area is 195 Å². The van der Waals surface area contributed by atoms with Gasteiger partial charge in [-0.3, -0.25) is 9.69 Å². The van der Waals surface area contributed by atoms with Crippen LogP contribution in [0, 0.1) is 13.8 Å². The summed E-state index contributed by atoms with van der Waals surface area (Å²) in [5, 5.41) is 4.43. The molecule has 0 amide bonds. The summed E-state index contributed by atoms with van der Waals surface area (Å²) >= 11 is 0. The molecule has 180 valence electrons. The van der Waals surface area contributed by atoms with Crippen LogP contribution in [0.15, 0.2) is 36.7 Å². The van der Waals surface area contributed by atoms with Gasteiger partial charge in [0.1, 0.15) is 0 Å². The van der Waals surface area contributed by atoms with Crippen LogP contribution in [-0.4, -0.2) is 64.2 Å². The molecule has 0 aliphatic carbocycles. The molecule has 4 rings (SSSR count). The molecule has 2 aromatic heterocycles. The number of rotatable bonds is 6. The number of aldehydes is 1. The smallest absolute Gasteiger partial charge is 0.416 e. The van der Waals surface area contributed by atoms with E-state index in [4.69, 9.17) is 4.74 Å². The predicted molar refractivity (Wildman–Crippen MR) is 120 cm³/mol. The molecule has 1 unspecified atom stereocenters. The standard InChI is InChI=1S/C23H25F3N6O2/c1-15-10-16(2)32(29-15)21(14-33)31-8-6-30(7-9-31)20-5-4-18(23(24,25)26)11-19(20)17-12-27-22(34-3)28-13-17/h4-5,10-14,21H,6-9H2,1-3H3. The molecule has 34 heavy (non-hydrogen) atoms. The first-order valence-electron chi connectivity index (χ1n) is 10.8. The van der Waals surface area contributed by atoms with Crippen LogP contribution in [0.5, 0.6) is 6.01 Å². The van der Waals surface area contributed by atoms with Crippen LogP contribution >= 0.6 is 0 Å². The van der Waals surface area contributed by atoms with E-state index >= 15 is 0 Å². The molecular formula is C23H25F3N6O2. The van der Waals surface area contributed by atoms with E-state index in [2.05, 4.69) is 15.1 Å². The number of benzene rings is 1. The van der Waals surface area contributed by atoms with Crippen LogP contribution in [0.25, 0.3) is 11.1 Å². The molecule has 0 spiro atoms. The Kier molecular flexibility index (Phi) is 6.56. The molecule has 1 aromatic carbocycles. The summed E-state index contributed by atoms with van der Waals surface area (Å²) in [6.45, 7) is 5.91. The number of halogens is 3. The third-order valence-electron chi connectivity index (χ3n) is 5.89. The Morgan fingerprint density at radius 1 is 1.06 bits per heavy atom. The first kappa shape index (κ1) is 23.7. The van der Waals surface area contributed by atoms with Crippen molar-refractivity contribution in [1.82, 2.24) is 24.6 Å². The minimum absolute atomic E-state index is 0.134. The molecule has 1 aliphatic rings. The number of hydrogen-bond acceptors (Lipinski definition) is 7. The third-order valence-corrected chi connectivity index (χ3v) is 5.89.